The number of hydrogen-bond donors (Lipinski definition) is 0. The Morgan fingerprint density at radius 1 is 1.50 bits per heavy atom. The zero-order valence-corrected chi connectivity index (χ0v) is 8.62. The maximum Gasteiger partial charge on any atom is 0.187 e. The highest BCUT2D eigenvalue weighted by Gasteiger charge is 2.09. The molecule has 0 fully saturated rings. The van der Waals surface area contributed by atoms with Gasteiger partial charge in [0.25, 0.3) is 0 Å². The summed E-state index contributed by atoms with van der Waals surface area (Å²) in [6.07, 6.45) is 0. The van der Waals surface area contributed by atoms with Crippen molar-refractivity contribution in [2.45, 2.75) is 0 Å². The molecule has 0 spiro atoms. The fraction of sp³-hybridized carbons (Fsp3) is 0.200. The summed E-state index contributed by atoms with van der Waals surface area (Å²) in [6.45, 7) is 0.288. The molecule has 72 valence electrons. The van der Waals surface area contributed by atoms with Gasteiger partial charge in [-0.15, -0.1) is 0 Å². The SMILES string of the molecule is COCN(C(=S)C#N)c1ccccc1. The molecule has 1 rings (SSSR count). The van der Waals surface area contributed by atoms with Crippen LogP contribution in [0.3, 0.4) is 0 Å². The fourth-order valence-electron chi connectivity index (χ4n) is 1.05. The summed E-state index contributed by atoms with van der Waals surface area (Å²) in [5.41, 5.74) is 0.862. The molecule has 4 heteroatoms. The van der Waals surface area contributed by atoms with Crippen molar-refractivity contribution < 1.29 is 4.74 Å². The van der Waals surface area contributed by atoms with Crippen LogP contribution in [0, 0.1) is 11.3 Å². The van der Waals surface area contributed by atoms with E-state index in [1.54, 1.807) is 12.0 Å². The van der Waals surface area contributed by atoms with Gasteiger partial charge in [-0.25, -0.2) is 0 Å². The summed E-state index contributed by atoms with van der Waals surface area (Å²) in [6, 6.07) is 11.4. The Kier molecular flexibility index (Phi) is 4.05. The van der Waals surface area contributed by atoms with Gasteiger partial charge in [0.2, 0.25) is 0 Å². The third-order valence-electron chi connectivity index (χ3n) is 1.67. The molecule has 0 aliphatic rings. The van der Waals surface area contributed by atoms with Gasteiger partial charge in [0.05, 0.1) is 0 Å². The number of benzene rings is 1. The molecule has 0 saturated carbocycles. The Morgan fingerprint density at radius 3 is 2.64 bits per heavy atom. The van der Waals surface area contributed by atoms with Crippen LogP contribution in [-0.2, 0) is 4.74 Å². The first kappa shape index (κ1) is 10.6. The molecule has 0 unspecified atom stereocenters. The summed E-state index contributed by atoms with van der Waals surface area (Å²) < 4.78 is 4.97. The van der Waals surface area contributed by atoms with Crippen LogP contribution >= 0.6 is 12.2 Å². The van der Waals surface area contributed by atoms with E-state index < -0.39 is 0 Å². The number of nitrogens with zero attached hydrogens (tertiary/aromatic N) is 2. The molecule has 1 aromatic carbocycles. The van der Waals surface area contributed by atoms with Crippen LogP contribution in [0.5, 0.6) is 0 Å². The van der Waals surface area contributed by atoms with Crippen LogP contribution < -0.4 is 4.90 Å². The normalized spacial score (nSPS) is 9.14. The number of nitriles is 1. The van der Waals surface area contributed by atoms with Crippen LogP contribution in [0.15, 0.2) is 30.3 Å². The molecule has 0 N–H and O–H groups in total. The molecule has 0 saturated heterocycles. The van der Waals surface area contributed by atoms with Gasteiger partial charge in [0, 0.05) is 12.8 Å². The number of thiocarbonyl (C=S) groups is 1. The Bertz CT molecular complexity index is 345. The van der Waals surface area contributed by atoms with Crippen LogP contribution in [0.4, 0.5) is 5.69 Å². The second-order valence-corrected chi connectivity index (χ2v) is 2.99. The Morgan fingerprint density at radius 2 is 2.14 bits per heavy atom. The van der Waals surface area contributed by atoms with Crippen molar-refractivity contribution >= 4 is 22.9 Å². The average Bonchev–Trinajstić information content (AvgIpc) is 2.26. The number of rotatable bonds is 3. The molecule has 3 nitrogen and oxygen atoms in total. The highest BCUT2D eigenvalue weighted by atomic mass is 32.1. The predicted molar refractivity (Wildman–Crippen MR) is 59.0 cm³/mol. The van der Waals surface area contributed by atoms with E-state index in [1.165, 1.54) is 0 Å². The minimum atomic E-state index is 0.207. The first-order valence-corrected chi connectivity index (χ1v) is 4.46. The summed E-state index contributed by atoms with van der Waals surface area (Å²) in [4.78, 5) is 1.84. The molecular formula is C10H10N2OS. The van der Waals surface area contributed by atoms with Crippen LogP contribution in [-0.4, -0.2) is 18.8 Å². The maximum absolute atomic E-state index is 8.70. The minimum Gasteiger partial charge on any atom is -0.364 e. The van der Waals surface area contributed by atoms with E-state index in [1.807, 2.05) is 36.4 Å². The smallest absolute Gasteiger partial charge is 0.187 e. The first-order chi connectivity index (χ1) is 6.79. The van der Waals surface area contributed by atoms with E-state index in [0.717, 1.165) is 5.69 Å². The number of anilines is 1. The van der Waals surface area contributed by atoms with Crippen LogP contribution in [0.25, 0.3) is 0 Å². The van der Waals surface area contributed by atoms with Crippen molar-refractivity contribution in [1.29, 1.82) is 5.26 Å². The standard InChI is InChI=1S/C10H10N2OS/c1-13-8-12(10(14)7-11)9-5-3-2-4-6-9/h2-6H,8H2,1H3. The molecular weight excluding hydrogens is 196 g/mol. The van der Waals surface area contributed by atoms with Crippen molar-refractivity contribution in [3.63, 3.8) is 0 Å². The Hall–Kier alpha value is -1.44. The van der Waals surface area contributed by atoms with Crippen molar-refractivity contribution in [1.82, 2.24) is 0 Å². The van der Waals surface area contributed by atoms with Crippen LogP contribution in [0.2, 0.25) is 0 Å². The lowest BCUT2D eigenvalue weighted by Gasteiger charge is -2.20. The minimum absolute atomic E-state index is 0.207. The van der Waals surface area contributed by atoms with E-state index in [2.05, 4.69) is 0 Å². The van der Waals surface area contributed by atoms with E-state index in [0.29, 0.717) is 0 Å². The van der Waals surface area contributed by atoms with E-state index in [-0.39, 0.29) is 11.7 Å². The second kappa shape index (κ2) is 5.32. The zero-order valence-electron chi connectivity index (χ0n) is 7.80. The van der Waals surface area contributed by atoms with Gasteiger partial charge < -0.3 is 9.64 Å². The van der Waals surface area contributed by atoms with E-state index >= 15 is 0 Å². The number of para-hydroxylation sites is 1. The highest BCUT2D eigenvalue weighted by molar-refractivity contribution is 7.81. The van der Waals surface area contributed by atoms with Crippen molar-refractivity contribution in [3.8, 4) is 6.07 Å². The molecule has 0 aliphatic heterocycles. The van der Waals surface area contributed by atoms with Crippen LogP contribution in [0.1, 0.15) is 0 Å². The highest BCUT2D eigenvalue weighted by Crippen LogP contribution is 2.13. The van der Waals surface area contributed by atoms with Gasteiger partial charge in [0.15, 0.2) is 4.99 Å². The lowest BCUT2D eigenvalue weighted by atomic mass is 10.3. The molecule has 0 aliphatic carbocycles. The average molecular weight is 206 g/mol. The fourth-order valence-corrected chi connectivity index (χ4v) is 1.21. The molecule has 0 bridgehead atoms. The zero-order chi connectivity index (χ0) is 10.4. The molecule has 0 aromatic heterocycles. The van der Waals surface area contributed by atoms with Crippen molar-refractivity contribution in [3.05, 3.63) is 30.3 Å². The molecule has 1 aromatic rings. The summed E-state index contributed by atoms with van der Waals surface area (Å²) in [5, 5.41) is 8.70. The third kappa shape index (κ3) is 2.52. The lowest BCUT2D eigenvalue weighted by molar-refractivity contribution is 0.209. The van der Waals surface area contributed by atoms with Crippen molar-refractivity contribution in [2.24, 2.45) is 0 Å². The molecule has 14 heavy (non-hydrogen) atoms. The molecule has 0 amide bonds. The van der Waals surface area contributed by atoms with Gasteiger partial charge in [-0.1, -0.05) is 18.2 Å². The van der Waals surface area contributed by atoms with Gasteiger partial charge in [0.1, 0.15) is 12.8 Å². The number of ether oxygens (including phenoxy) is 1. The quantitative estimate of drug-likeness (QED) is 0.559. The number of hydrogen-bond acceptors (Lipinski definition) is 3. The first-order valence-electron chi connectivity index (χ1n) is 4.05. The Labute approximate surface area is 88.5 Å². The summed E-state index contributed by atoms with van der Waals surface area (Å²) in [7, 11) is 1.57. The van der Waals surface area contributed by atoms with E-state index in [4.69, 9.17) is 22.2 Å². The molecule has 0 heterocycles. The second-order valence-electron chi connectivity index (χ2n) is 2.60. The molecule has 0 atom stereocenters. The summed E-state index contributed by atoms with van der Waals surface area (Å²) >= 11 is 4.91. The predicted octanol–water partition coefficient (Wildman–Crippen LogP) is 1.95. The van der Waals surface area contributed by atoms with Crippen molar-refractivity contribution in [2.75, 3.05) is 18.7 Å². The largest absolute Gasteiger partial charge is 0.364 e. The Balaban J connectivity index is 2.90. The number of methoxy groups -OCH3 is 1. The monoisotopic (exact) mass is 206 g/mol. The van der Waals surface area contributed by atoms with Gasteiger partial charge in [-0.3, -0.25) is 0 Å². The van der Waals surface area contributed by atoms with Gasteiger partial charge >= 0.3 is 0 Å². The van der Waals surface area contributed by atoms with Gasteiger partial charge in [-0.2, -0.15) is 5.26 Å². The maximum atomic E-state index is 8.70. The summed E-state index contributed by atoms with van der Waals surface area (Å²) in [5.74, 6) is 0. The third-order valence-corrected chi connectivity index (χ3v) is 1.98. The topological polar surface area (TPSA) is 36.3 Å². The molecule has 0 radical (unpaired) electrons. The van der Waals surface area contributed by atoms with E-state index in [9.17, 15) is 0 Å². The lowest BCUT2D eigenvalue weighted by Crippen LogP contribution is -2.30. The van der Waals surface area contributed by atoms with Gasteiger partial charge in [-0.05, 0) is 24.4 Å².